The molecule has 0 saturated heterocycles. The van der Waals surface area contributed by atoms with E-state index in [1.807, 2.05) is 55.5 Å². The van der Waals surface area contributed by atoms with Gasteiger partial charge in [0.2, 0.25) is 0 Å². The van der Waals surface area contributed by atoms with Crippen LogP contribution in [0.3, 0.4) is 0 Å². The lowest BCUT2D eigenvalue weighted by Crippen LogP contribution is -2.17. The fourth-order valence-electron chi connectivity index (χ4n) is 2.25. The summed E-state index contributed by atoms with van der Waals surface area (Å²) in [5, 5.41) is 7.81. The van der Waals surface area contributed by atoms with Crippen molar-refractivity contribution in [3.63, 3.8) is 0 Å². The molecule has 0 spiro atoms. The fourth-order valence-corrected chi connectivity index (χ4v) is 3.28. The van der Waals surface area contributed by atoms with Gasteiger partial charge in [0.15, 0.2) is 0 Å². The quantitative estimate of drug-likeness (QED) is 0.702. The minimum Gasteiger partial charge on any atom is -0.320 e. The van der Waals surface area contributed by atoms with Crippen molar-refractivity contribution in [3.05, 3.63) is 71.5 Å². The molecular weight excluding hydrogens is 342 g/mol. The second-order valence-corrected chi connectivity index (χ2v) is 6.59. The van der Waals surface area contributed by atoms with Gasteiger partial charge >= 0.3 is 0 Å². The van der Waals surface area contributed by atoms with Crippen LogP contribution in [0.2, 0.25) is 5.02 Å². The summed E-state index contributed by atoms with van der Waals surface area (Å²) in [6.45, 7) is 2.60. The molecule has 122 valence electrons. The molecule has 3 rings (SSSR count). The van der Waals surface area contributed by atoms with E-state index in [2.05, 4.69) is 10.4 Å². The third-order valence-corrected chi connectivity index (χ3v) is 4.76. The van der Waals surface area contributed by atoms with Crippen molar-refractivity contribution < 1.29 is 4.79 Å². The van der Waals surface area contributed by atoms with Crippen LogP contribution in [0.25, 0.3) is 0 Å². The summed E-state index contributed by atoms with van der Waals surface area (Å²) < 4.78 is 1.67. The summed E-state index contributed by atoms with van der Waals surface area (Å²) >= 11 is 7.50. The average Bonchev–Trinajstić information content (AvgIpc) is 3.07. The number of amides is 1. The van der Waals surface area contributed by atoms with Crippen LogP contribution < -0.4 is 5.32 Å². The molecule has 3 aromatic rings. The Morgan fingerprint density at radius 1 is 1.17 bits per heavy atom. The summed E-state index contributed by atoms with van der Waals surface area (Å²) in [6.07, 6.45) is 1.63. The number of hydrogen-bond donors (Lipinski definition) is 1. The van der Waals surface area contributed by atoms with E-state index >= 15 is 0 Å². The molecule has 0 aliphatic rings. The van der Waals surface area contributed by atoms with E-state index in [4.69, 9.17) is 11.6 Å². The molecule has 1 heterocycles. The number of rotatable bonds is 5. The largest absolute Gasteiger partial charge is 0.320 e. The van der Waals surface area contributed by atoms with Crippen molar-refractivity contribution in [3.8, 4) is 0 Å². The number of nitrogens with zero attached hydrogens (tertiary/aromatic N) is 2. The molecule has 0 aliphatic heterocycles. The molecule has 4 nitrogen and oxygen atoms in total. The molecule has 0 fully saturated rings. The lowest BCUT2D eigenvalue weighted by atomic mass is 10.3. The van der Waals surface area contributed by atoms with Gasteiger partial charge in [-0.25, -0.2) is 0 Å². The number of aryl methyl sites for hydroxylation is 1. The molecule has 0 unspecified atom stereocenters. The molecule has 2 aromatic carbocycles. The number of anilines is 1. The zero-order valence-corrected chi connectivity index (χ0v) is 14.6. The van der Waals surface area contributed by atoms with Crippen LogP contribution in [-0.2, 0) is 6.54 Å². The van der Waals surface area contributed by atoms with Gasteiger partial charge in [-0.1, -0.05) is 35.5 Å². The molecule has 0 radical (unpaired) electrons. The number of para-hydroxylation sites is 1. The van der Waals surface area contributed by atoms with E-state index in [1.54, 1.807) is 28.7 Å². The Bertz CT molecular complexity index is 845. The second kappa shape index (κ2) is 7.55. The highest BCUT2D eigenvalue weighted by atomic mass is 35.5. The van der Waals surface area contributed by atoms with Gasteiger partial charge in [-0.05, 0) is 49.4 Å². The molecule has 1 N–H and O–H groups in total. The summed E-state index contributed by atoms with van der Waals surface area (Å²) in [7, 11) is 0. The molecule has 0 saturated carbocycles. The first-order chi connectivity index (χ1) is 11.7. The molecule has 24 heavy (non-hydrogen) atoms. The Morgan fingerprint density at radius 2 is 1.92 bits per heavy atom. The Kier molecular flexibility index (Phi) is 5.23. The van der Waals surface area contributed by atoms with Crippen LogP contribution in [-0.4, -0.2) is 15.7 Å². The van der Waals surface area contributed by atoms with Gasteiger partial charge in [-0.15, -0.1) is 0 Å². The van der Waals surface area contributed by atoms with Gasteiger partial charge in [-0.2, -0.15) is 5.10 Å². The number of carbonyl (C=O) groups excluding carboxylic acids is 1. The van der Waals surface area contributed by atoms with Crippen molar-refractivity contribution >= 4 is 35.0 Å². The van der Waals surface area contributed by atoms with Crippen LogP contribution in [0.1, 0.15) is 17.4 Å². The van der Waals surface area contributed by atoms with Crippen LogP contribution in [0.15, 0.2) is 70.6 Å². The molecule has 1 amide bonds. The molecular formula is C18H16ClN3OS. The van der Waals surface area contributed by atoms with Gasteiger partial charge < -0.3 is 5.32 Å². The van der Waals surface area contributed by atoms with Gasteiger partial charge in [0.05, 0.1) is 5.69 Å². The number of benzene rings is 2. The number of aromatic nitrogens is 2. The average molecular weight is 358 g/mol. The molecule has 0 aliphatic carbocycles. The van der Waals surface area contributed by atoms with E-state index < -0.39 is 0 Å². The van der Waals surface area contributed by atoms with Crippen molar-refractivity contribution in [2.45, 2.75) is 23.3 Å². The van der Waals surface area contributed by atoms with Gasteiger partial charge in [0, 0.05) is 27.6 Å². The SMILES string of the molecule is CCn1nccc1C(=O)Nc1ccccc1Sc1ccc(Cl)cc1. The molecule has 6 heteroatoms. The van der Waals surface area contributed by atoms with E-state index in [-0.39, 0.29) is 5.91 Å². The molecule has 0 bridgehead atoms. The lowest BCUT2D eigenvalue weighted by molar-refractivity contribution is 0.101. The Morgan fingerprint density at radius 3 is 2.67 bits per heavy atom. The Labute approximate surface area is 149 Å². The van der Waals surface area contributed by atoms with Gasteiger partial charge in [0.1, 0.15) is 5.69 Å². The molecule has 0 atom stereocenters. The lowest BCUT2D eigenvalue weighted by Gasteiger charge is -2.11. The Hall–Kier alpha value is -2.24. The zero-order chi connectivity index (χ0) is 16.9. The highest BCUT2D eigenvalue weighted by Gasteiger charge is 2.13. The third-order valence-electron chi connectivity index (χ3n) is 3.43. The maximum atomic E-state index is 12.5. The van der Waals surface area contributed by atoms with E-state index in [0.717, 1.165) is 15.5 Å². The van der Waals surface area contributed by atoms with Gasteiger partial charge in [-0.3, -0.25) is 9.48 Å². The standard InChI is InChI=1S/C18H16ClN3OS/c1-2-22-16(11-12-20-22)18(23)21-15-5-3-4-6-17(15)24-14-9-7-13(19)8-10-14/h3-12H,2H2,1H3,(H,21,23). The summed E-state index contributed by atoms with van der Waals surface area (Å²) in [5.41, 5.74) is 1.31. The second-order valence-electron chi connectivity index (χ2n) is 5.04. The first-order valence-corrected chi connectivity index (χ1v) is 8.72. The first kappa shape index (κ1) is 16.6. The van der Waals surface area contributed by atoms with Crippen LogP contribution in [0.5, 0.6) is 0 Å². The van der Waals surface area contributed by atoms with Crippen LogP contribution in [0.4, 0.5) is 5.69 Å². The topological polar surface area (TPSA) is 46.9 Å². The van der Waals surface area contributed by atoms with Crippen LogP contribution >= 0.6 is 23.4 Å². The zero-order valence-electron chi connectivity index (χ0n) is 13.1. The van der Waals surface area contributed by atoms with Crippen molar-refractivity contribution in [1.29, 1.82) is 0 Å². The highest BCUT2D eigenvalue weighted by molar-refractivity contribution is 7.99. The van der Waals surface area contributed by atoms with Crippen molar-refractivity contribution in [1.82, 2.24) is 9.78 Å². The summed E-state index contributed by atoms with van der Waals surface area (Å²) in [6, 6.07) is 17.1. The van der Waals surface area contributed by atoms with E-state index in [1.165, 1.54) is 0 Å². The Balaban J connectivity index is 1.81. The first-order valence-electron chi connectivity index (χ1n) is 7.53. The van der Waals surface area contributed by atoms with Crippen molar-refractivity contribution in [2.24, 2.45) is 0 Å². The minimum absolute atomic E-state index is 0.168. The van der Waals surface area contributed by atoms with Crippen molar-refractivity contribution in [2.75, 3.05) is 5.32 Å². The predicted octanol–water partition coefficient (Wildman–Crippen LogP) is 4.96. The summed E-state index contributed by atoms with van der Waals surface area (Å²) in [4.78, 5) is 14.5. The predicted molar refractivity (Wildman–Crippen MR) is 97.9 cm³/mol. The van der Waals surface area contributed by atoms with E-state index in [0.29, 0.717) is 17.3 Å². The number of halogens is 1. The third kappa shape index (κ3) is 3.80. The maximum Gasteiger partial charge on any atom is 0.273 e. The smallest absolute Gasteiger partial charge is 0.273 e. The minimum atomic E-state index is -0.168. The normalized spacial score (nSPS) is 10.6. The number of hydrogen-bond acceptors (Lipinski definition) is 3. The monoisotopic (exact) mass is 357 g/mol. The molecule has 1 aromatic heterocycles. The highest BCUT2D eigenvalue weighted by Crippen LogP contribution is 2.34. The maximum absolute atomic E-state index is 12.5. The van der Waals surface area contributed by atoms with Crippen LogP contribution in [0, 0.1) is 0 Å². The number of nitrogens with one attached hydrogen (secondary N) is 1. The van der Waals surface area contributed by atoms with E-state index in [9.17, 15) is 4.79 Å². The van der Waals surface area contributed by atoms with Gasteiger partial charge in [0.25, 0.3) is 5.91 Å². The fraction of sp³-hybridized carbons (Fsp3) is 0.111. The summed E-state index contributed by atoms with van der Waals surface area (Å²) in [5.74, 6) is -0.168. The number of carbonyl (C=O) groups is 1.